The number of ether oxygens (including phenoxy) is 2. The molecule has 2 aromatic rings. The van der Waals surface area contributed by atoms with Gasteiger partial charge in [0, 0.05) is 12.4 Å². The Morgan fingerprint density at radius 2 is 2.16 bits per heavy atom. The summed E-state index contributed by atoms with van der Waals surface area (Å²) in [5, 5.41) is 2.63. The lowest BCUT2D eigenvalue weighted by molar-refractivity contribution is 0.102. The molecule has 0 aliphatic heterocycles. The second kappa shape index (κ2) is 5.75. The van der Waals surface area contributed by atoms with Crippen LogP contribution in [-0.4, -0.2) is 30.1 Å². The van der Waals surface area contributed by atoms with Gasteiger partial charge in [0.15, 0.2) is 0 Å². The number of aromatic nitrogens is 2. The first kappa shape index (κ1) is 13.4. The van der Waals surface area contributed by atoms with Crippen molar-refractivity contribution in [1.82, 2.24) is 9.97 Å². The fraction of sp³-hybridized carbons (Fsp3) is 0.167. The van der Waals surface area contributed by atoms with Crippen LogP contribution in [0.4, 0.5) is 5.95 Å². The third-order valence-corrected chi connectivity index (χ3v) is 3.02. The summed E-state index contributed by atoms with van der Waals surface area (Å²) in [6.45, 7) is 0. The van der Waals surface area contributed by atoms with E-state index in [0.717, 1.165) is 0 Å². The van der Waals surface area contributed by atoms with Gasteiger partial charge in [-0.15, -0.1) is 0 Å². The van der Waals surface area contributed by atoms with Gasteiger partial charge in [0.05, 0.1) is 24.3 Å². The monoisotopic (exact) mass is 325 g/mol. The maximum atomic E-state index is 12.2. The molecule has 0 saturated carbocycles. The molecule has 0 bridgehead atoms. The largest absolute Gasteiger partial charge is 0.497 e. The molecule has 0 atom stereocenters. The van der Waals surface area contributed by atoms with Gasteiger partial charge in [-0.1, -0.05) is 0 Å². The van der Waals surface area contributed by atoms with E-state index in [1.54, 1.807) is 24.5 Å². The van der Waals surface area contributed by atoms with Gasteiger partial charge in [0.25, 0.3) is 5.91 Å². The summed E-state index contributed by atoms with van der Waals surface area (Å²) in [7, 11) is 3.03. The predicted molar refractivity (Wildman–Crippen MR) is 73.8 cm³/mol. The van der Waals surface area contributed by atoms with Crippen LogP contribution in [0, 0.1) is 0 Å². The molecule has 100 valence electrons. The van der Waals surface area contributed by atoms with Gasteiger partial charge in [-0.25, -0.2) is 4.98 Å². The summed E-state index contributed by atoms with van der Waals surface area (Å²) >= 11 is 3.34. The highest BCUT2D eigenvalue weighted by atomic mass is 79.9. The minimum atomic E-state index is -0.341. The van der Waals surface area contributed by atoms with Crippen LogP contribution in [-0.2, 0) is 0 Å². The van der Waals surface area contributed by atoms with E-state index in [-0.39, 0.29) is 5.91 Å². The second-order valence-electron chi connectivity index (χ2n) is 3.58. The van der Waals surface area contributed by atoms with Crippen LogP contribution in [0.1, 0.15) is 10.4 Å². The van der Waals surface area contributed by atoms with E-state index < -0.39 is 0 Å². The number of carbonyl (C=O) groups excluding carboxylic acids is 1. The summed E-state index contributed by atoms with van der Waals surface area (Å²) in [5.74, 6) is 1.01. The molecule has 1 heterocycles. The van der Waals surface area contributed by atoms with E-state index in [0.29, 0.717) is 27.5 Å². The van der Waals surface area contributed by atoms with Gasteiger partial charge >= 0.3 is 0 Å². The third kappa shape index (κ3) is 2.87. The second-order valence-corrected chi connectivity index (χ2v) is 4.44. The molecule has 2 rings (SSSR count). The van der Waals surface area contributed by atoms with Crippen molar-refractivity contribution in [1.29, 1.82) is 0 Å². The number of amides is 1. The smallest absolute Gasteiger partial charge is 0.261 e. The van der Waals surface area contributed by atoms with E-state index in [1.807, 2.05) is 0 Å². The Morgan fingerprint density at radius 3 is 2.74 bits per heavy atom. The average molecular weight is 326 g/mol. The Kier molecular flexibility index (Phi) is 4.06. The number of nitrogens with one attached hydrogen (secondary N) is 2. The zero-order valence-electron chi connectivity index (χ0n) is 10.4. The number of hydrogen-bond donors (Lipinski definition) is 2. The number of anilines is 1. The highest BCUT2D eigenvalue weighted by Crippen LogP contribution is 2.33. The average Bonchev–Trinajstić information content (AvgIpc) is 2.90. The lowest BCUT2D eigenvalue weighted by atomic mass is 10.1. The first-order valence-corrected chi connectivity index (χ1v) is 6.17. The van der Waals surface area contributed by atoms with Crippen LogP contribution < -0.4 is 14.8 Å². The van der Waals surface area contributed by atoms with Crippen LogP contribution in [0.25, 0.3) is 0 Å². The van der Waals surface area contributed by atoms with Crippen molar-refractivity contribution in [3.8, 4) is 11.5 Å². The number of H-pyrrole nitrogens is 1. The molecule has 0 saturated heterocycles. The Morgan fingerprint density at radius 1 is 1.37 bits per heavy atom. The van der Waals surface area contributed by atoms with Crippen LogP contribution in [0.3, 0.4) is 0 Å². The molecule has 1 aromatic heterocycles. The van der Waals surface area contributed by atoms with Gasteiger partial charge in [0.2, 0.25) is 5.95 Å². The van der Waals surface area contributed by atoms with Crippen LogP contribution in [0.15, 0.2) is 29.0 Å². The molecule has 19 heavy (non-hydrogen) atoms. The van der Waals surface area contributed by atoms with Crippen molar-refractivity contribution in [3.63, 3.8) is 0 Å². The topological polar surface area (TPSA) is 76.2 Å². The fourth-order valence-electron chi connectivity index (χ4n) is 1.57. The zero-order valence-corrected chi connectivity index (χ0v) is 11.9. The Hall–Kier alpha value is -2.02. The maximum Gasteiger partial charge on any atom is 0.261 e. The number of rotatable bonds is 4. The predicted octanol–water partition coefficient (Wildman–Crippen LogP) is 2.44. The SMILES string of the molecule is COc1cc(Br)c(OC)c(C(=O)Nc2ncc[nH]2)c1. The van der Waals surface area contributed by atoms with Crippen molar-refractivity contribution in [2.75, 3.05) is 19.5 Å². The van der Waals surface area contributed by atoms with E-state index in [2.05, 4.69) is 31.2 Å². The van der Waals surface area contributed by atoms with Crippen LogP contribution >= 0.6 is 15.9 Å². The van der Waals surface area contributed by atoms with Crippen LogP contribution in [0.5, 0.6) is 11.5 Å². The summed E-state index contributed by atoms with van der Waals surface area (Å²) in [4.78, 5) is 18.9. The quantitative estimate of drug-likeness (QED) is 0.905. The molecular weight excluding hydrogens is 314 g/mol. The number of nitrogens with zero attached hydrogens (tertiary/aromatic N) is 1. The first-order chi connectivity index (χ1) is 9.15. The normalized spacial score (nSPS) is 10.1. The van der Waals surface area contributed by atoms with Crippen molar-refractivity contribution < 1.29 is 14.3 Å². The molecular formula is C12H12BrN3O3. The molecule has 0 fully saturated rings. The van der Waals surface area contributed by atoms with Gasteiger partial charge in [-0.05, 0) is 28.1 Å². The van der Waals surface area contributed by atoms with Crippen LogP contribution in [0.2, 0.25) is 0 Å². The highest BCUT2D eigenvalue weighted by Gasteiger charge is 2.18. The Bertz CT molecular complexity index is 584. The molecule has 0 radical (unpaired) electrons. The molecule has 2 N–H and O–H groups in total. The molecule has 1 aromatic carbocycles. The lowest BCUT2D eigenvalue weighted by Crippen LogP contribution is -2.14. The maximum absolute atomic E-state index is 12.2. The number of carbonyl (C=O) groups is 1. The summed E-state index contributed by atoms with van der Waals surface area (Å²) < 4.78 is 11.0. The first-order valence-electron chi connectivity index (χ1n) is 5.38. The van der Waals surface area contributed by atoms with E-state index in [4.69, 9.17) is 9.47 Å². The number of imidazole rings is 1. The summed E-state index contributed by atoms with van der Waals surface area (Å²) in [6, 6.07) is 3.32. The standard InChI is InChI=1S/C12H12BrN3O3/c1-18-7-5-8(10(19-2)9(13)6-7)11(17)16-12-14-3-4-15-12/h3-6H,1-2H3,(H2,14,15,16,17). The van der Waals surface area contributed by atoms with Gasteiger partial charge in [0.1, 0.15) is 11.5 Å². The van der Waals surface area contributed by atoms with Crippen molar-refractivity contribution in [2.45, 2.75) is 0 Å². The number of halogens is 1. The number of hydrogen-bond acceptors (Lipinski definition) is 4. The van der Waals surface area contributed by atoms with Gasteiger partial charge < -0.3 is 14.5 Å². The Balaban J connectivity index is 2.36. The zero-order chi connectivity index (χ0) is 13.8. The van der Waals surface area contributed by atoms with Crippen molar-refractivity contribution in [2.24, 2.45) is 0 Å². The molecule has 1 amide bonds. The summed E-state index contributed by atoms with van der Waals surface area (Å²) in [5.41, 5.74) is 0.352. The molecule has 0 spiro atoms. The van der Waals surface area contributed by atoms with Gasteiger partial charge in [-0.2, -0.15) is 0 Å². The molecule has 0 aliphatic rings. The minimum Gasteiger partial charge on any atom is -0.497 e. The van der Waals surface area contributed by atoms with E-state index >= 15 is 0 Å². The molecule has 0 unspecified atom stereocenters. The highest BCUT2D eigenvalue weighted by molar-refractivity contribution is 9.10. The third-order valence-electron chi connectivity index (χ3n) is 2.43. The van der Waals surface area contributed by atoms with E-state index in [1.165, 1.54) is 14.2 Å². The minimum absolute atomic E-state index is 0.341. The number of benzene rings is 1. The van der Waals surface area contributed by atoms with Crippen molar-refractivity contribution in [3.05, 3.63) is 34.6 Å². The lowest BCUT2D eigenvalue weighted by Gasteiger charge is -2.12. The van der Waals surface area contributed by atoms with Gasteiger partial charge in [-0.3, -0.25) is 10.1 Å². The Labute approximate surface area is 118 Å². The molecule has 6 nitrogen and oxygen atoms in total. The van der Waals surface area contributed by atoms with E-state index in [9.17, 15) is 4.79 Å². The summed E-state index contributed by atoms with van der Waals surface area (Å²) in [6.07, 6.45) is 3.17. The molecule has 7 heteroatoms. The number of aromatic amines is 1. The molecule has 0 aliphatic carbocycles. The van der Waals surface area contributed by atoms with Crippen molar-refractivity contribution >= 4 is 27.8 Å². The number of methoxy groups -OCH3 is 2. The fourth-order valence-corrected chi connectivity index (χ4v) is 2.17.